The highest BCUT2D eigenvalue weighted by Gasteiger charge is 2.01. The molecule has 0 saturated carbocycles. The van der Waals surface area contributed by atoms with Crippen molar-refractivity contribution in [2.45, 2.75) is 25.7 Å². The first-order valence-electron chi connectivity index (χ1n) is 8.44. The smallest absolute Gasteiger partial charge is 0.191 e. The minimum atomic E-state index is 0.794. The second-order valence-electron chi connectivity index (χ2n) is 5.44. The van der Waals surface area contributed by atoms with Crippen molar-refractivity contribution in [3.05, 3.63) is 46.5 Å². The largest absolute Gasteiger partial charge is 0.469 e. The molecule has 0 amide bonds. The third-order valence-corrected chi connectivity index (χ3v) is 4.45. The Morgan fingerprint density at radius 1 is 1.17 bits per heavy atom. The fraction of sp³-hybridized carbons (Fsp3) is 0.500. The van der Waals surface area contributed by atoms with Crippen LogP contribution in [-0.4, -0.2) is 39.3 Å². The van der Waals surface area contributed by atoms with E-state index in [4.69, 9.17) is 9.15 Å². The van der Waals surface area contributed by atoms with Crippen LogP contribution in [0.5, 0.6) is 0 Å². The number of methoxy groups -OCH3 is 1. The van der Waals surface area contributed by atoms with Crippen LogP contribution in [0.1, 0.15) is 23.5 Å². The summed E-state index contributed by atoms with van der Waals surface area (Å²) in [6.45, 7) is 3.28. The number of unbranched alkanes of at least 4 members (excludes halogenated alkanes) is 1. The summed E-state index contributed by atoms with van der Waals surface area (Å²) in [5.41, 5.74) is 0. The number of hydrogen-bond donors (Lipinski definition) is 2. The van der Waals surface area contributed by atoms with E-state index in [0.717, 1.165) is 63.6 Å². The Bertz CT molecular complexity index is 511. The van der Waals surface area contributed by atoms with Crippen LogP contribution in [0.25, 0.3) is 0 Å². The number of hydrogen-bond acceptors (Lipinski definition) is 4. The van der Waals surface area contributed by atoms with Gasteiger partial charge in [-0.05, 0) is 42.8 Å². The molecule has 2 aromatic rings. The lowest BCUT2D eigenvalue weighted by Gasteiger charge is -2.12. The molecule has 0 saturated heterocycles. The summed E-state index contributed by atoms with van der Waals surface area (Å²) in [4.78, 5) is 6.03. The summed E-state index contributed by atoms with van der Waals surface area (Å²) in [5.74, 6) is 1.86. The number of aliphatic imine (C=N–C) groups is 1. The first kappa shape index (κ1) is 18.5. The van der Waals surface area contributed by atoms with Gasteiger partial charge in [0.15, 0.2) is 5.96 Å². The second-order valence-corrected chi connectivity index (χ2v) is 6.47. The summed E-state index contributed by atoms with van der Waals surface area (Å²) in [7, 11) is 1.73. The topological polar surface area (TPSA) is 58.8 Å². The molecule has 2 aromatic heterocycles. The lowest BCUT2D eigenvalue weighted by Crippen LogP contribution is -2.39. The van der Waals surface area contributed by atoms with Gasteiger partial charge in [-0.1, -0.05) is 6.07 Å². The van der Waals surface area contributed by atoms with Crippen LogP contribution in [0.2, 0.25) is 0 Å². The first-order chi connectivity index (χ1) is 11.9. The standard InChI is InChI=1S/C18H27N3O2S/c1-22-13-3-2-10-19-18(20-11-8-16-6-4-14-23-16)21-12-9-17-7-5-15-24-17/h4-7,14-15H,2-3,8-13H2,1H3,(H2,19,20,21). The van der Waals surface area contributed by atoms with Gasteiger partial charge in [0.1, 0.15) is 5.76 Å². The van der Waals surface area contributed by atoms with Crippen LogP contribution in [0, 0.1) is 0 Å². The molecule has 0 fully saturated rings. The van der Waals surface area contributed by atoms with Gasteiger partial charge in [0.25, 0.3) is 0 Å². The fourth-order valence-electron chi connectivity index (χ4n) is 2.24. The van der Waals surface area contributed by atoms with Crippen molar-refractivity contribution >= 4 is 17.3 Å². The van der Waals surface area contributed by atoms with Gasteiger partial charge in [-0.25, -0.2) is 0 Å². The minimum absolute atomic E-state index is 0.794. The van der Waals surface area contributed by atoms with Crippen molar-refractivity contribution in [2.75, 3.05) is 33.4 Å². The number of thiophene rings is 1. The van der Waals surface area contributed by atoms with Crippen molar-refractivity contribution in [2.24, 2.45) is 4.99 Å². The zero-order valence-corrected chi connectivity index (χ0v) is 15.1. The highest BCUT2D eigenvalue weighted by atomic mass is 32.1. The quantitative estimate of drug-likeness (QED) is 0.372. The van der Waals surface area contributed by atoms with Gasteiger partial charge >= 0.3 is 0 Å². The van der Waals surface area contributed by atoms with Crippen molar-refractivity contribution in [3.8, 4) is 0 Å². The Hall–Kier alpha value is -1.79. The zero-order valence-electron chi connectivity index (χ0n) is 14.3. The van der Waals surface area contributed by atoms with Crippen molar-refractivity contribution < 1.29 is 9.15 Å². The van der Waals surface area contributed by atoms with E-state index in [1.54, 1.807) is 24.7 Å². The zero-order chi connectivity index (χ0) is 16.9. The van der Waals surface area contributed by atoms with Gasteiger partial charge < -0.3 is 19.8 Å². The van der Waals surface area contributed by atoms with Crippen molar-refractivity contribution in [1.82, 2.24) is 10.6 Å². The molecule has 0 atom stereocenters. The molecule has 0 aromatic carbocycles. The third-order valence-electron chi connectivity index (χ3n) is 3.51. The lowest BCUT2D eigenvalue weighted by atomic mass is 10.3. The maximum absolute atomic E-state index is 5.36. The number of guanidine groups is 1. The Morgan fingerprint density at radius 3 is 2.75 bits per heavy atom. The molecule has 132 valence electrons. The van der Waals surface area contributed by atoms with Crippen LogP contribution >= 0.6 is 11.3 Å². The van der Waals surface area contributed by atoms with Crippen LogP contribution < -0.4 is 10.6 Å². The summed E-state index contributed by atoms with van der Waals surface area (Å²) >= 11 is 1.79. The second kappa shape index (κ2) is 11.7. The summed E-state index contributed by atoms with van der Waals surface area (Å²) in [6, 6.07) is 8.16. The Labute approximate surface area is 148 Å². The molecule has 0 unspecified atom stereocenters. The van der Waals surface area contributed by atoms with Crippen molar-refractivity contribution in [3.63, 3.8) is 0 Å². The fourth-order valence-corrected chi connectivity index (χ4v) is 2.95. The van der Waals surface area contributed by atoms with Crippen LogP contribution in [0.15, 0.2) is 45.3 Å². The van der Waals surface area contributed by atoms with Gasteiger partial charge in [-0.15, -0.1) is 11.3 Å². The molecule has 2 rings (SSSR count). The third kappa shape index (κ3) is 7.66. The van der Waals surface area contributed by atoms with E-state index < -0.39 is 0 Å². The molecular weight excluding hydrogens is 322 g/mol. The molecule has 0 spiro atoms. The number of rotatable bonds is 11. The highest BCUT2D eigenvalue weighted by Crippen LogP contribution is 2.08. The maximum atomic E-state index is 5.36. The average Bonchev–Trinajstić information content (AvgIpc) is 3.28. The van der Waals surface area contributed by atoms with E-state index in [9.17, 15) is 0 Å². The molecule has 2 heterocycles. The van der Waals surface area contributed by atoms with E-state index in [1.807, 2.05) is 12.1 Å². The SMILES string of the molecule is COCCCCN=C(NCCc1ccco1)NCCc1cccs1. The molecule has 0 bridgehead atoms. The highest BCUT2D eigenvalue weighted by molar-refractivity contribution is 7.09. The van der Waals surface area contributed by atoms with Gasteiger partial charge in [0.2, 0.25) is 0 Å². The van der Waals surface area contributed by atoms with Crippen LogP contribution in [0.3, 0.4) is 0 Å². The van der Waals surface area contributed by atoms with Crippen molar-refractivity contribution in [1.29, 1.82) is 0 Å². The van der Waals surface area contributed by atoms with E-state index in [0.29, 0.717) is 0 Å². The lowest BCUT2D eigenvalue weighted by molar-refractivity contribution is 0.193. The van der Waals surface area contributed by atoms with Gasteiger partial charge in [-0.3, -0.25) is 4.99 Å². The summed E-state index contributed by atoms with van der Waals surface area (Å²) in [5, 5.41) is 8.91. The predicted octanol–water partition coefficient (Wildman–Crippen LogP) is 3.09. The minimum Gasteiger partial charge on any atom is -0.469 e. The predicted molar refractivity (Wildman–Crippen MR) is 99.9 cm³/mol. The number of nitrogens with one attached hydrogen (secondary N) is 2. The van der Waals surface area contributed by atoms with E-state index >= 15 is 0 Å². The van der Waals surface area contributed by atoms with Gasteiger partial charge in [0, 0.05) is 44.6 Å². The Morgan fingerprint density at radius 2 is 2.04 bits per heavy atom. The molecule has 5 nitrogen and oxygen atoms in total. The van der Waals surface area contributed by atoms with E-state index in [2.05, 4.69) is 33.1 Å². The number of ether oxygens (including phenoxy) is 1. The maximum Gasteiger partial charge on any atom is 0.191 e. The van der Waals surface area contributed by atoms with Crippen LogP contribution in [-0.2, 0) is 17.6 Å². The Kier molecular flexibility index (Phi) is 9.04. The molecule has 24 heavy (non-hydrogen) atoms. The van der Waals surface area contributed by atoms with Gasteiger partial charge in [-0.2, -0.15) is 0 Å². The molecule has 0 aliphatic carbocycles. The van der Waals surface area contributed by atoms with Crippen LogP contribution in [0.4, 0.5) is 0 Å². The Balaban J connectivity index is 1.72. The first-order valence-corrected chi connectivity index (χ1v) is 9.32. The molecular formula is C18H27N3O2S. The molecule has 0 aliphatic rings. The molecule has 0 radical (unpaired) electrons. The molecule has 6 heteroatoms. The van der Waals surface area contributed by atoms with Gasteiger partial charge in [0.05, 0.1) is 6.26 Å². The normalized spacial score (nSPS) is 11.6. The summed E-state index contributed by atoms with van der Waals surface area (Å²) < 4.78 is 10.4. The number of furan rings is 1. The molecule has 0 aliphatic heterocycles. The monoisotopic (exact) mass is 349 g/mol. The molecule has 2 N–H and O–H groups in total. The average molecular weight is 350 g/mol. The van der Waals surface area contributed by atoms with E-state index in [1.165, 1.54) is 4.88 Å². The van der Waals surface area contributed by atoms with E-state index in [-0.39, 0.29) is 0 Å². The number of nitrogens with zero attached hydrogens (tertiary/aromatic N) is 1. The summed E-state index contributed by atoms with van der Waals surface area (Å²) in [6.07, 6.45) is 5.64.